The number of hydrogen-bond donors (Lipinski definition) is 3. The Hall–Kier alpha value is -3.35. The number of nitrogens with one attached hydrogen (secondary N) is 3. The molecule has 0 amide bonds. The molecule has 4 heterocycles. The second kappa shape index (κ2) is 6.37. The number of anilines is 1. The normalized spacial score (nSPS) is 13.9. The summed E-state index contributed by atoms with van der Waals surface area (Å²) < 4.78 is 2.02. The number of aromatic amines is 1. The van der Waals surface area contributed by atoms with Crippen LogP contribution < -0.4 is 10.6 Å². The van der Waals surface area contributed by atoms with Gasteiger partial charge in [0.25, 0.3) is 0 Å². The van der Waals surface area contributed by atoms with Gasteiger partial charge in [-0.15, -0.1) is 0 Å². The fraction of sp³-hybridized carbons (Fsp3) is 0.286. The summed E-state index contributed by atoms with van der Waals surface area (Å²) in [6, 6.07) is 8.20. The maximum absolute atomic E-state index is 4.82. The van der Waals surface area contributed by atoms with E-state index in [1.54, 1.807) is 0 Å². The standard InChI is InChI=1S/C21H23N7/c1-12(13-7-8-13)23-10-14-5-4-6-16(25-14)17-9-15-19-18(24-11-28(19)3)21(22-2)27-20(15)26-17/h4-6,9,11,13,23H,1,7-8,10H2,2-3H3,(H2,22,26,27). The van der Waals surface area contributed by atoms with Crippen LogP contribution in [-0.2, 0) is 13.6 Å². The van der Waals surface area contributed by atoms with Crippen LogP contribution in [-0.4, -0.2) is 31.6 Å². The molecule has 4 aromatic rings. The minimum Gasteiger partial charge on any atom is -0.383 e. The van der Waals surface area contributed by atoms with E-state index in [1.807, 2.05) is 43.2 Å². The summed E-state index contributed by atoms with van der Waals surface area (Å²) in [5.41, 5.74) is 6.70. The van der Waals surface area contributed by atoms with Crippen molar-refractivity contribution in [2.24, 2.45) is 13.0 Å². The molecule has 0 atom stereocenters. The van der Waals surface area contributed by atoms with E-state index in [0.29, 0.717) is 12.5 Å². The number of aromatic nitrogens is 5. The van der Waals surface area contributed by atoms with Crippen LogP contribution in [0.25, 0.3) is 33.5 Å². The van der Waals surface area contributed by atoms with Crippen molar-refractivity contribution >= 4 is 27.9 Å². The zero-order valence-corrected chi connectivity index (χ0v) is 16.1. The number of aryl methyl sites for hydroxylation is 1. The maximum Gasteiger partial charge on any atom is 0.156 e. The van der Waals surface area contributed by atoms with Crippen LogP contribution in [0, 0.1) is 5.92 Å². The SMILES string of the molecule is C=C(NCc1cccc(-c2cc3c(nc(NC)c4ncn(C)c43)[nH]2)n1)C1CC1. The van der Waals surface area contributed by atoms with Gasteiger partial charge in [0.15, 0.2) is 5.82 Å². The van der Waals surface area contributed by atoms with Crippen LogP contribution in [0.4, 0.5) is 5.82 Å². The molecule has 0 radical (unpaired) electrons. The van der Waals surface area contributed by atoms with Crippen LogP contribution in [0.15, 0.2) is 42.9 Å². The molecule has 7 heteroatoms. The van der Waals surface area contributed by atoms with Crippen molar-refractivity contribution in [1.29, 1.82) is 0 Å². The van der Waals surface area contributed by atoms with Gasteiger partial charge in [0.1, 0.15) is 11.2 Å². The van der Waals surface area contributed by atoms with Crippen LogP contribution in [0.2, 0.25) is 0 Å². The summed E-state index contributed by atoms with van der Waals surface area (Å²) in [5.74, 6) is 1.41. The van der Waals surface area contributed by atoms with Gasteiger partial charge in [0.2, 0.25) is 0 Å². The van der Waals surface area contributed by atoms with Crippen LogP contribution >= 0.6 is 0 Å². The quantitative estimate of drug-likeness (QED) is 0.481. The second-order valence-electron chi connectivity index (χ2n) is 7.38. The van der Waals surface area contributed by atoms with Gasteiger partial charge in [-0.05, 0) is 37.0 Å². The van der Waals surface area contributed by atoms with Gasteiger partial charge in [-0.25, -0.2) is 15.0 Å². The van der Waals surface area contributed by atoms with E-state index >= 15 is 0 Å². The number of pyridine rings is 2. The molecule has 1 aliphatic carbocycles. The van der Waals surface area contributed by atoms with Gasteiger partial charge in [0, 0.05) is 25.2 Å². The fourth-order valence-corrected chi connectivity index (χ4v) is 3.62. The lowest BCUT2D eigenvalue weighted by atomic mass is 10.2. The Morgan fingerprint density at radius 3 is 2.96 bits per heavy atom. The highest BCUT2D eigenvalue weighted by molar-refractivity contribution is 6.07. The van der Waals surface area contributed by atoms with Gasteiger partial charge in [-0.1, -0.05) is 12.6 Å². The maximum atomic E-state index is 4.82. The molecule has 0 spiro atoms. The first-order valence-corrected chi connectivity index (χ1v) is 9.54. The Bertz CT molecular complexity index is 1200. The molecule has 5 rings (SSSR count). The molecular weight excluding hydrogens is 350 g/mol. The largest absolute Gasteiger partial charge is 0.383 e. The third-order valence-electron chi connectivity index (χ3n) is 5.32. The number of hydrogen-bond acceptors (Lipinski definition) is 5. The van der Waals surface area contributed by atoms with Gasteiger partial charge in [0.05, 0.1) is 35.5 Å². The lowest BCUT2D eigenvalue weighted by Gasteiger charge is -2.08. The molecular formula is C21H23N7. The highest BCUT2D eigenvalue weighted by Gasteiger charge is 2.24. The molecule has 0 unspecified atom stereocenters. The third-order valence-corrected chi connectivity index (χ3v) is 5.32. The molecule has 0 aliphatic heterocycles. The van der Waals surface area contributed by atoms with E-state index in [1.165, 1.54) is 12.8 Å². The topological polar surface area (TPSA) is 83.5 Å². The molecule has 0 saturated heterocycles. The predicted molar refractivity (Wildman–Crippen MR) is 112 cm³/mol. The van der Waals surface area contributed by atoms with Gasteiger partial charge >= 0.3 is 0 Å². The first-order chi connectivity index (χ1) is 13.6. The van der Waals surface area contributed by atoms with Gasteiger partial charge in [-0.2, -0.15) is 0 Å². The molecule has 1 fully saturated rings. The Labute approximate surface area is 162 Å². The molecule has 7 nitrogen and oxygen atoms in total. The lowest BCUT2D eigenvalue weighted by Crippen LogP contribution is -2.14. The Kier molecular flexibility index (Phi) is 3.82. The van der Waals surface area contributed by atoms with E-state index in [2.05, 4.69) is 33.2 Å². The van der Waals surface area contributed by atoms with E-state index in [4.69, 9.17) is 9.97 Å². The van der Waals surface area contributed by atoms with Crippen LogP contribution in [0.5, 0.6) is 0 Å². The highest BCUT2D eigenvalue weighted by atomic mass is 15.1. The zero-order valence-electron chi connectivity index (χ0n) is 16.1. The van der Waals surface area contributed by atoms with Crippen molar-refractivity contribution in [2.45, 2.75) is 19.4 Å². The Morgan fingerprint density at radius 1 is 1.32 bits per heavy atom. The van der Waals surface area contributed by atoms with E-state index < -0.39 is 0 Å². The number of fused-ring (bicyclic) bond motifs is 3. The minimum atomic E-state index is 0.644. The number of allylic oxidation sites excluding steroid dienone is 1. The second-order valence-corrected chi connectivity index (χ2v) is 7.38. The van der Waals surface area contributed by atoms with Gasteiger partial charge < -0.3 is 20.2 Å². The molecule has 28 heavy (non-hydrogen) atoms. The first-order valence-electron chi connectivity index (χ1n) is 9.54. The lowest BCUT2D eigenvalue weighted by molar-refractivity contribution is 0.732. The zero-order chi connectivity index (χ0) is 19.3. The summed E-state index contributed by atoms with van der Waals surface area (Å²) in [5, 5.41) is 7.58. The van der Waals surface area contributed by atoms with Crippen molar-refractivity contribution in [3.63, 3.8) is 0 Å². The van der Waals surface area contributed by atoms with Crippen molar-refractivity contribution < 1.29 is 0 Å². The van der Waals surface area contributed by atoms with Gasteiger partial charge in [-0.3, -0.25) is 0 Å². The van der Waals surface area contributed by atoms with E-state index in [-0.39, 0.29) is 0 Å². The molecule has 0 aromatic carbocycles. The number of imidazole rings is 1. The summed E-state index contributed by atoms with van der Waals surface area (Å²) in [6.07, 6.45) is 4.31. The number of rotatable bonds is 6. The van der Waals surface area contributed by atoms with Crippen LogP contribution in [0.1, 0.15) is 18.5 Å². The molecule has 3 N–H and O–H groups in total. The van der Waals surface area contributed by atoms with Crippen molar-refractivity contribution in [2.75, 3.05) is 12.4 Å². The van der Waals surface area contributed by atoms with Crippen molar-refractivity contribution in [1.82, 2.24) is 29.8 Å². The number of H-pyrrole nitrogens is 1. The van der Waals surface area contributed by atoms with Crippen molar-refractivity contribution in [3.05, 3.63) is 48.6 Å². The van der Waals surface area contributed by atoms with E-state index in [0.717, 1.165) is 50.7 Å². The highest BCUT2D eigenvalue weighted by Crippen LogP contribution is 2.34. The summed E-state index contributed by atoms with van der Waals surface area (Å²) >= 11 is 0. The monoisotopic (exact) mass is 373 g/mol. The fourth-order valence-electron chi connectivity index (χ4n) is 3.62. The Morgan fingerprint density at radius 2 is 2.18 bits per heavy atom. The minimum absolute atomic E-state index is 0.644. The summed E-state index contributed by atoms with van der Waals surface area (Å²) in [7, 11) is 3.86. The average Bonchev–Trinajstić information content (AvgIpc) is 3.37. The molecule has 0 bridgehead atoms. The molecule has 142 valence electrons. The van der Waals surface area contributed by atoms with Crippen molar-refractivity contribution in [3.8, 4) is 11.4 Å². The van der Waals surface area contributed by atoms with Crippen LogP contribution in [0.3, 0.4) is 0 Å². The Balaban J connectivity index is 1.52. The third kappa shape index (κ3) is 2.79. The molecule has 4 aromatic heterocycles. The molecule has 1 aliphatic rings. The molecule has 1 saturated carbocycles. The smallest absolute Gasteiger partial charge is 0.156 e. The summed E-state index contributed by atoms with van der Waals surface area (Å²) in [6.45, 7) is 4.81. The predicted octanol–water partition coefficient (Wildman–Crippen LogP) is 3.57. The van der Waals surface area contributed by atoms with E-state index in [9.17, 15) is 0 Å². The summed E-state index contributed by atoms with van der Waals surface area (Å²) in [4.78, 5) is 17.4. The first kappa shape index (κ1) is 16.8. The number of nitrogens with zero attached hydrogens (tertiary/aromatic N) is 4. The average molecular weight is 373 g/mol.